The molecular weight excluding hydrogens is 427 g/mol. The van der Waals surface area contributed by atoms with E-state index >= 15 is 0 Å². The molecule has 0 radical (unpaired) electrons. The number of hydrogen-bond donors (Lipinski definition) is 2. The van der Waals surface area contributed by atoms with Crippen molar-refractivity contribution in [3.8, 4) is 0 Å². The van der Waals surface area contributed by atoms with Gasteiger partial charge in [0.25, 0.3) is 0 Å². The maximum absolute atomic E-state index is 5.54. The molecule has 2 N–H and O–H groups in total. The molecule has 25 heavy (non-hydrogen) atoms. The summed E-state index contributed by atoms with van der Waals surface area (Å²) >= 11 is 0. The van der Waals surface area contributed by atoms with E-state index in [1.807, 2.05) is 7.05 Å². The fraction of sp³-hybridized carbons (Fsp3) is 0.947. The van der Waals surface area contributed by atoms with E-state index in [-0.39, 0.29) is 29.5 Å². The van der Waals surface area contributed by atoms with Gasteiger partial charge in [-0.15, -0.1) is 24.0 Å². The number of hydrogen-bond acceptors (Lipinski definition) is 3. The standard InChI is InChI=1S/C19H38N4O.HI/c1-20-18(21-13-7-10-17-8-5-4-6-9-17)22-16-19(23(2)3)11-14-24-15-12-19;/h17H,4-16H2,1-3H3,(H2,20,21,22);1H. The first-order valence-corrected chi connectivity index (χ1v) is 9.86. The van der Waals surface area contributed by atoms with Gasteiger partial charge in [0.1, 0.15) is 0 Å². The molecule has 6 heteroatoms. The van der Waals surface area contributed by atoms with Gasteiger partial charge in [-0.3, -0.25) is 4.99 Å². The Bertz CT molecular complexity index is 378. The van der Waals surface area contributed by atoms with Crippen molar-refractivity contribution in [2.24, 2.45) is 10.9 Å². The molecule has 1 aliphatic carbocycles. The zero-order valence-corrected chi connectivity index (χ0v) is 18.8. The Morgan fingerprint density at radius 1 is 1.12 bits per heavy atom. The number of rotatable bonds is 7. The molecule has 0 unspecified atom stereocenters. The summed E-state index contributed by atoms with van der Waals surface area (Å²) in [7, 11) is 6.21. The topological polar surface area (TPSA) is 48.9 Å². The van der Waals surface area contributed by atoms with E-state index < -0.39 is 0 Å². The first kappa shape index (κ1) is 23.0. The molecular formula is C19H39IN4O. The summed E-state index contributed by atoms with van der Waals surface area (Å²) in [5.41, 5.74) is 0.179. The molecule has 2 rings (SSSR count). The molecule has 148 valence electrons. The SMILES string of the molecule is CN=C(NCCCC1CCCCC1)NCC1(N(C)C)CCOCC1.I. The number of guanidine groups is 1. The second-order valence-corrected chi connectivity index (χ2v) is 7.73. The summed E-state index contributed by atoms with van der Waals surface area (Å²) < 4.78 is 5.54. The van der Waals surface area contributed by atoms with Crippen LogP contribution < -0.4 is 10.6 Å². The Morgan fingerprint density at radius 2 is 1.80 bits per heavy atom. The van der Waals surface area contributed by atoms with Crippen LogP contribution in [0.2, 0.25) is 0 Å². The Labute approximate surface area is 171 Å². The highest BCUT2D eigenvalue weighted by atomic mass is 127. The maximum Gasteiger partial charge on any atom is 0.191 e. The van der Waals surface area contributed by atoms with Crippen LogP contribution in [0.15, 0.2) is 4.99 Å². The second-order valence-electron chi connectivity index (χ2n) is 7.73. The Hall–Kier alpha value is -0.0800. The minimum atomic E-state index is 0. The van der Waals surface area contributed by atoms with Gasteiger partial charge >= 0.3 is 0 Å². The average Bonchev–Trinajstić information content (AvgIpc) is 2.62. The van der Waals surface area contributed by atoms with E-state index in [1.165, 1.54) is 44.9 Å². The maximum atomic E-state index is 5.54. The summed E-state index contributed by atoms with van der Waals surface area (Å²) in [6.45, 7) is 3.65. The predicted molar refractivity (Wildman–Crippen MR) is 117 cm³/mol. The average molecular weight is 466 g/mol. The quantitative estimate of drug-likeness (QED) is 0.262. The number of nitrogens with zero attached hydrogens (tertiary/aromatic N) is 2. The van der Waals surface area contributed by atoms with Crippen molar-refractivity contribution in [2.75, 3.05) is 47.4 Å². The molecule has 2 aliphatic rings. The fourth-order valence-corrected chi connectivity index (χ4v) is 4.08. The zero-order chi connectivity index (χ0) is 17.3. The number of likely N-dealkylation sites (N-methyl/N-ethyl adjacent to an activating group) is 1. The molecule has 0 atom stereocenters. The van der Waals surface area contributed by atoms with Crippen LogP contribution in [0.3, 0.4) is 0 Å². The summed E-state index contributed by atoms with van der Waals surface area (Å²) in [6.07, 6.45) is 12.0. The fourth-order valence-electron chi connectivity index (χ4n) is 4.08. The third-order valence-corrected chi connectivity index (χ3v) is 5.99. The number of aliphatic imine (C=N–C) groups is 1. The lowest BCUT2D eigenvalue weighted by atomic mass is 9.86. The van der Waals surface area contributed by atoms with Crippen molar-refractivity contribution in [3.63, 3.8) is 0 Å². The molecule has 2 fully saturated rings. The lowest BCUT2D eigenvalue weighted by molar-refractivity contribution is -0.00501. The molecule has 1 saturated heterocycles. The highest BCUT2D eigenvalue weighted by molar-refractivity contribution is 14.0. The molecule has 0 aromatic rings. The molecule has 0 amide bonds. The minimum Gasteiger partial charge on any atom is -0.381 e. The van der Waals surface area contributed by atoms with Gasteiger partial charge in [0.05, 0.1) is 0 Å². The summed E-state index contributed by atoms with van der Waals surface area (Å²) in [4.78, 5) is 6.74. The number of halogens is 1. The highest BCUT2D eigenvalue weighted by Crippen LogP contribution is 2.27. The van der Waals surface area contributed by atoms with E-state index in [9.17, 15) is 0 Å². The van der Waals surface area contributed by atoms with Crippen LogP contribution >= 0.6 is 24.0 Å². The van der Waals surface area contributed by atoms with Crippen LogP contribution in [0.1, 0.15) is 57.8 Å². The molecule has 0 spiro atoms. The van der Waals surface area contributed by atoms with Crippen LogP contribution in [0.25, 0.3) is 0 Å². The lowest BCUT2D eigenvalue weighted by Gasteiger charge is -2.43. The van der Waals surface area contributed by atoms with Gasteiger partial charge in [-0.05, 0) is 45.7 Å². The Balaban J connectivity index is 0.00000312. The van der Waals surface area contributed by atoms with Crippen molar-refractivity contribution < 1.29 is 4.74 Å². The smallest absolute Gasteiger partial charge is 0.191 e. The molecule has 1 aliphatic heterocycles. The van der Waals surface area contributed by atoms with E-state index in [0.29, 0.717) is 0 Å². The van der Waals surface area contributed by atoms with Crippen molar-refractivity contribution in [1.82, 2.24) is 15.5 Å². The predicted octanol–water partition coefficient (Wildman–Crippen LogP) is 3.24. The van der Waals surface area contributed by atoms with Gasteiger partial charge in [-0.2, -0.15) is 0 Å². The van der Waals surface area contributed by atoms with Gasteiger partial charge in [0, 0.05) is 38.9 Å². The van der Waals surface area contributed by atoms with Crippen LogP contribution in [0, 0.1) is 5.92 Å². The third kappa shape index (κ3) is 7.59. The molecule has 0 aromatic carbocycles. The first-order chi connectivity index (χ1) is 11.7. The second kappa shape index (κ2) is 12.3. The van der Waals surface area contributed by atoms with E-state index in [2.05, 4.69) is 34.6 Å². The van der Waals surface area contributed by atoms with E-state index in [4.69, 9.17) is 4.74 Å². The molecule has 5 nitrogen and oxygen atoms in total. The van der Waals surface area contributed by atoms with Crippen molar-refractivity contribution in [1.29, 1.82) is 0 Å². The monoisotopic (exact) mass is 466 g/mol. The molecule has 1 heterocycles. The van der Waals surface area contributed by atoms with Crippen LogP contribution in [-0.2, 0) is 4.74 Å². The summed E-state index contributed by atoms with van der Waals surface area (Å²) in [6, 6.07) is 0. The van der Waals surface area contributed by atoms with E-state index in [0.717, 1.165) is 51.0 Å². The summed E-state index contributed by atoms with van der Waals surface area (Å²) in [5, 5.41) is 7.04. The summed E-state index contributed by atoms with van der Waals surface area (Å²) in [5.74, 6) is 1.90. The van der Waals surface area contributed by atoms with Crippen LogP contribution in [-0.4, -0.2) is 63.8 Å². The van der Waals surface area contributed by atoms with Gasteiger partial charge in [-0.1, -0.05) is 32.1 Å². The van der Waals surface area contributed by atoms with Crippen molar-refractivity contribution in [3.05, 3.63) is 0 Å². The van der Waals surface area contributed by atoms with Gasteiger partial charge in [0.15, 0.2) is 5.96 Å². The molecule has 1 saturated carbocycles. The lowest BCUT2D eigenvalue weighted by Crippen LogP contribution is -2.57. The van der Waals surface area contributed by atoms with Crippen molar-refractivity contribution in [2.45, 2.75) is 63.3 Å². The Kier molecular flexibility index (Phi) is 11.3. The normalized spacial score (nSPS) is 21.7. The first-order valence-electron chi connectivity index (χ1n) is 9.86. The highest BCUT2D eigenvalue weighted by Gasteiger charge is 2.34. The van der Waals surface area contributed by atoms with Crippen molar-refractivity contribution >= 4 is 29.9 Å². The largest absolute Gasteiger partial charge is 0.381 e. The van der Waals surface area contributed by atoms with Gasteiger partial charge < -0.3 is 20.3 Å². The van der Waals surface area contributed by atoms with Gasteiger partial charge in [-0.25, -0.2) is 0 Å². The molecule has 0 aromatic heterocycles. The number of ether oxygens (including phenoxy) is 1. The Morgan fingerprint density at radius 3 is 2.40 bits per heavy atom. The van der Waals surface area contributed by atoms with Gasteiger partial charge in [0.2, 0.25) is 0 Å². The van der Waals surface area contributed by atoms with E-state index in [1.54, 1.807) is 0 Å². The zero-order valence-electron chi connectivity index (χ0n) is 16.5. The number of nitrogens with one attached hydrogen (secondary N) is 2. The minimum absolute atomic E-state index is 0. The van der Waals surface area contributed by atoms with Crippen LogP contribution in [0.5, 0.6) is 0 Å². The molecule has 0 bridgehead atoms. The van der Waals surface area contributed by atoms with Crippen LogP contribution in [0.4, 0.5) is 0 Å². The third-order valence-electron chi connectivity index (χ3n) is 5.99.